The average Bonchev–Trinajstić information content (AvgIpc) is 3.21. The van der Waals surface area contributed by atoms with Crippen LogP contribution in [-0.4, -0.2) is 31.9 Å². The van der Waals surface area contributed by atoms with E-state index in [1.54, 1.807) is 6.92 Å². The summed E-state index contributed by atoms with van der Waals surface area (Å²) in [6, 6.07) is 6.39. The summed E-state index contributed by atoms with van der Waals surface area (Å²) >= 11 is 0. The van der Waals surface area contributed by atoms with Gasteiger partial charge >= 0.3 is 0 Å². The van der Waals surface area contributed by atoms with Crippen molar-refractivity contribution < 1.29 is 9.32 Å². The van der Waals surface area contributed by atoms with Gasteiger partial charge in [-0.25, -0.2) is 0 Å². The Kier molecular flexibility index (Phi) is 4.22. The molecule has 2 aromatic heterocycles. The zero-order valence-electron chi connectivity index (χ0n) is 15.3. The fourth-order valence-electron chi connectivity index (χ4n) is 3.87. The average molecular weight is 353 g/mol. The van der Waals surface area contributed by atoms with Crippen molar-refractivity contribution in [2.24, 2.45) is 7.05 Å². The van der Waals surface area contributed by atoms with E-state index in [9.17, 15) is 4.79 Å². The predicted molar refractivity (Wildman–Crippen MR) is 97.6 cm³/mol. The van der Waals surface area contributed by atoms with Gasteiger partial charge in [0.2, 0.25) is 17.6 Å². The molecule has 1 saturated carbocycles. The van der Waals surface area contributed by atoms with Crippen molar-refractivity contribution in [3.05, 3.63) is 29.8 Å². The Morgan fingerprint density at radius 1 is 1.27 bits per heavy atom. The number of aryl methyl sites for hydroxylation is 2. The first-order valence-electron chi connectivity index (χ1n) is 9.05. The number of aromatic nitrogens is 4. The van der Waals surface area contributed by atoms with E-state index in [0.29, 0.717) is 11.7 Å². The first-order valence-corrected chi connectivity index (χ1v) is 9.05. The van der Waals surface area contributed by atoms with Crippen LogP contribution in [0.25, 0.3) is 22.3 Å². The van der Waals surface area contributed by atoms with E-state index in [1.807, 2.05) is 24.7 Å². The Balaban J connectivity index is 1.52. The second-order valence-electron chi connectivity index (χ2n) is 7.15. The van der Waals surface area contributed by atoms with E-state index in [2.05, 4.69) is 32.7 Å². The molecule has 0 atom stereocenters. The Morgan fingerprint density at radius 3 is 2.77 bits per heavy atom. The summed E-state index contributed by atoms with van der Waals surface area (Å²) in [5, 5.41) is 12.8. The molecule has 136 valence electrons. The fraction of sp³-hybridized carbons (Fsp3) is 0.474. The lowest BCUT2D eigenvalue weighted by Gasteiger charge is -2.26. The van der Waals surface area contributed by atoms with E-state index in [-0.39, 0.29) is 17.9 Å². The maximum Gasteiger partial charge on any atom is 0.230 e. The first-order chi connectivity index (χ1) is 12.5. The molecule has 1 N–H and O–H groups in total. The number of nitrogens with one attached hydrogen (secondary N) is 1. The highest BCUT2D eigenvalue weighted by molar-refractivity contribution is 5.85. The molecule has 26 heavy (non-hydrogen) atoms. The summed E-state index contributed by atoms with van der Waals surface area (Å²) in [7, 11) is 1.94. The van der Waals surface area contributed by atoms with Crippen LogP contribution in [0.5, 0.6) is 0 Å². The molecule has 1 aliphatic carbocycles. The molecular weight excluding hydrogens is 330 g/mol. The Morgan fingerprint density at radius 2 is 2.04 bits per heavy atom. The monoisotopic (exact) mass is 353 g/mol. The molecular formula is C19H23N5O2. The van der Waals surface area contributed by atoms with Crippen LogP contribution < -0.4 is 5.32 Å². The van der Waals surface area contributed by atoms with Crippen molar-refractivity contribution in [3.8, 4) is 11.4 Å². The molecule has 7 heteroatoms. The minimum atomic E-state index is 0.0364. The van der Waals surface area contributed by atoms with Crippen molar-refractivity contribution in [3.63, 3.8) is 0 Å². The summed E-state index contributed by atoms with van der Waals surface area (Å²) in [4.78, 5) is 15.8. The van der Waals surface area contributed by atoms with Crippen molar-refractivity contribution in [2.45, 2.75) is 51.5 Å². The normalized spacial score (nSPS) is 20.4. The zero-order valence-corrected chi connectivity index (χ0v) is 15.3. The molecule has 0 spiro atoms. The Hall–Kier alpha value is -2.70. The van der Waals surface area contributed by atoms with E-state index in [1.165, 1.54) is 0 Å². The van der Waals surface area contributed by atoms with Crippen LogP contribution >= 0.6 is 0 Å². The first kappa shape index (κ1) is 16.8. The molecule has 0 radical (unpaired) electrons. The summed E-state index contributed by atoms with van der Waals surface area (Å²) in [5.74, 6) is 1.62. The van der Waals surface area contributed by atoms with Crippen molar-refractivity contribution in [1.82, 2.24) is 25.2 Å². The van der Waals surface area contributed by atoms with E-state index in [0.717, 1.165) is 47.8 Å². The number of carbonyl (C=O) groups excluding carboxylic acids is 1. The predicted octanol–water partition coefficient (Wildman–Crippen LogP) is 3.09. The van der Waals surface area contributed by atoms with Crippen LogP contribution in [0.15, 0.2) is 22.7 Å². The molecule has 1 fully saturated rings. The van der Waals surface area contributed by atoms with Crippen molar-refractivity contribution >= 4 is 16.8 Å². The number of hydrogen-bond acceptors (Lipinski definition) is 5. The lowest BCUT2D eigenvalue weighted by atomic mass is 9.86. The van der Waals surface area contributed by atoms with Crippen LogP contribution in [-0.2, 0) is 11.8 Å². The summed E-state index contributed by atoms with van der Waals surface area (Å²) in [6.45, 7) is 3.57. The third-order valence-corrected chi connectivity index (χ3v) is 5.22. The number of amides is 1. The number of hydrogen-bond donors (Lipinski definition) is 1. The molecule has 0 aliphatic heterocycles. The van der Waals surface area contributed by atoms with E-state index >= 15 is 0 Å². The molecule has 2 heterocycles. The van der Waals surface area contributed by atoms with Crippen LogP contribution in [0.2, 0.25) is 0 Å². The van der Waals surface area contributed by atoms with E-state index in [4.69, 9.17) is 4.52 Å². The molecule has 0 saturated heterocycles. The fourth-order valence-corrected chi connectivity index (χ4v) is 3.87. The highest BCUT2D eigenvalue weighted by atomic mass is 16.5. The van der Waals surface area contributed by atoms with Gasteiger partial charge in [-0.2, -0.15) is 10.1 Å². The van der Waals surface area contributed by atoms with Gasteiger partial charge in [0.15, 0.2) is 0 Å². The number of nitrogens with zero attached hydrogens (tertiary/aromatic N) is 4. The van der Waals surface area contributed by atoms with Gasteiger partial charge in [-0.15, -0.1) is 0 Å². The van der Waals surface area contributed by atoms with Crippen molar-refractivity contribution in [1.29, 1.82) is 0 Å². The highest BCUT2D eigenvalue weighted by Crippen LogP contribution is 2.33. The third kappa shape index (κ3) is 3.09. The van der Waals surface area contributed by atoms with Gasteiger partial charge in [0, 0.05) is 36.9 Å². The largest absolute Gasteiger partial charge is 0.354 e. The van der Waals surface area contributed by atoms with Gasteiger partial charge in [0.1, 0.15) is 0 Å². The third-order valence-electron chi connectivity index (χ3n) is 5.22. The Bertz CT molecular complexity index is 950. The SMILES string of the molecule is CC(=O)NC1CCC(c2nc(-c3ccc4c(C)nn(C)c4c3)no2)CC1. The van der Waals surface area contributed by atoms with Gasteiger partial charge in [0.05, 0.1) is 11.2 Å². The molecule has 1 amide bonds. The van der Waals surface area contributed by atoms with Gasteiger partial charge in [-0.3, -0.25) is 9.48 Å². The van der Waals surface area contributed by atoms with Crippen LogP contribution in [0.3, 0.4) is 0 Å². The summed E-state index contributed by atoms with van der Waals surface area (Å²) in [5.41, 5.74) is 3.00. The summed E-state index contributed by atoms with van der Waals surface area (Å²) in [6.07, 6.45) is 3.80. The number of benzene rings is 1. The summed E-state index contributed by atoms with van der Waals surface area (Å²) < 4.78 is 7.42. The minimum absolute atomic E-state index is 0.0364. The minimum Gasteiger partial charge on any atom is -0.354 e. The standard InChI is InChI=1S/C19H23N5O2/c1-11-16-9-6-14(10-17(16)24(3)22-11)18-21-19(26-23-18)13-4-7-15(8-5-13)20-12(2)25/h6,9-10,13,15H,4-5,7-8H2,1-3H3,(H,20,25). The molecule has 1 aromatic carbocycles. The number of carbonyl (C=O) groups is 1. The van der Waals surface area contributed by atoms with Gasteiger partial charge in [0.25, 0.3) is 0 Å². The topological polar surface area (TPSA) is 85.8 Å². The molecule has 3 aromatic rings. The maximum absolute atomic E-state index is 11.2. The second kappa shape index (κ2) is 6.55. The Labute approximate surface area is 151 Å². The van der Waals surface area contributed by atoms with Gasteiger partial charge < -0.3 is 9.84 Å². The van der Waals surface area contributed by atoms with Gasteiger partial charge in [-0.1, -0.05) is 17.3 Å². The lowest BCUT2D eigenvalue weighted by molar-refractivity contribution is -0.119. The highest BCUT2D eigenvalue weighted by Gasteiger charge is 2.27. The van der Waals surface area contributed by atoms with Crippen LogP contribution in [0.4, 0.5) is 0 Å². The van der Waals surface area contributed by atoms with Crippen LogP contribution in [0, 0.1) is 6.92 Å². The lowest BCUT2D eigenvalue weighted by Crippen LogP contribution is -2.35. The zero-order chi connectivity index (χ0) is 18.3. The molecule has 7 nitrogen and oxygen atoms in total. The van der Waals surface area contributed by atoms with Crippen LogP contribution in [0.1, 0.15) is 50.1 Å². The van der Waals surface area contributed by atoms with Crippen molar-refractivity contribution in [2.75, 3.05) is 0 Å². The molecule has 0 bridgehead atoms. The smallest absolute Gasteiger partial charge is 0.230 e. The maximum atomic E-state index is 11.2. The molecule has 1 aliphatic rings. The van der Waals surface area contributed by atoms with Gasteiger partial charge in [-0.05, 0) is 38.7 Å². The number of fused-ring (bicyclic) bond motifs is 1. The molecule has 0 unspecified atom stereocenters. The number of rotatable bonds is 3. The molecule has 4 rings (SSSR count). The van der Waals surface area contributed by atoms with E-state index < -0.39 is 0 Å². The quantitative estimate of drug-likeness (QED) is 0.782. The second-order valence-corrected chi connectivity index (χ2v) is 7.15.